The third-order valence-electron chi connectivity index (χ3n) is 6.27. The standard InChI is InChI=1S/C26H25BrClN5O2/c1-35-19-8-4-7-18(12-19)26(34)32-11-5-6-17(16-32)14-29-24-13-23(20-9-2-3-10-22(20)28)31-25-21(27)15-30-33(24)25/h2-4,7-10,12-13,15,17,29H,5-6,11,14,16H2,1H3. The van der Waals surface area contributed by atoms with Gasteiger partial charge in [0.05, 0.1) is 23.5 Å². The van der Waals surface area contributed by atoms with E-state index in [0.29, 0.717) is 41.0 Å². The number of benzene rings is 2. The Labute approximate surface area is 217 Å². The summed E-state index contributed by atoms with van der Waals surface area (Å²) in [6, 6.07) is 17.0. The summed E-state index contributed by atoms with van der Waals surface area (Å²) in [5.41, 5.74) is 2.99. The van der Waals surface area contributed by atoms with Crippen molar-refractivity contribution in [1.82, 2.24) is 19.5 Å². The summed E-state index contributed by atoms with van der Waals surface area (Å²) in [5.74, 6) is 1.86. The van der Waals surface area contributed by atoms with Crippen LogP contribution in [0.4, 0.5) is 5.82 Å². The third kappa shape index (κ3) is 4.99. The molecule has 3 heterocycles. The van der Waals surface area contributed by atoms with Crippen molar-refractivity contribution >= 4 is 44.9 Å². The zero-order valence-electron chi connectivity index (χ0n) is 19.2. The number of hydrogen-bond donors (Lipinski definition) is 1. The molecule has 1 saturated heterocycles. The average molecular weight is 555 g/mol. The lowest BCUT2D eigenvalue weighted by Gasteiger charge is -2.33. The van der Waals surface area contributed by atoms with Crippen LogP contribution in [-0.4, -0.2) is 52.1 Å². The van der Waals surface area contributed by atoms with Crippen LogP contribution >= 0.6 is 27.5 Å². The lowest BCUT2D eigenvalue weighted by Crippen LogP contribution is -2.41. The predicted octanol–water partition coefficient (Wildman–Crippen LogP) is 5.79. The number of likely N-dealkylation sites (tertiary alicyclic amines) is 1. The van der Waals surface area contributed by atoms with Gasteiger partial charge in [0.2, 0.25) is 0 Å². The van der Waals surface area contributed by atoms with E-state index in [9.17, 15) is 4.79 Å². The summed E-state index contributed by atoms with van der Waals surface area (Å²) in [4.78, 5) is 19.8. The number of carbonyl (C=O) groups is 1. The van der Waals surface area contributed by atoms with Gasteiger partial charge in [-0.1, -0.05) is 35.9 Å². The average Bonchev–Trinajstić information content (AvgIpc) is 3.28. The Hall–Kier alpha value is -3.10. The van der Waals surface area contributed by atoms with E-state index < -0.39 is 0 Å². The van der Waals surface area contributed by atoms with E-state index in [1.165, 1.54) is 0 Å². The maximum atomic E-state index is 13.1. The van der Waals surface area contributed by atoms with E-state index in [2.05, 4.69) is 26.3 Å². The number of hydrogen-bond acceptors (Lipinski definition) is 5. The van der Waals surface area contributed by atoms with Crippen molar-refractivity contribution in [2.75, 3.05) is 32.1 Å². The second-order valence-corrected chi connectivity index (χ2v) is 9.87. The summed E-state index contributed by atoms with van der Waals surface area (Å²) >= 11 is 10.0. The quantitative estimate of drug-likeness (QED) is 0.327. The van der Waals surface area contributed by atoms with Gasteiger partial charge in [0.25, 0.3) is 5.91 Å². The number of rotatable bonds is 6. The number of methoxy groups -OCH3 is 1. The van der Waals surface area contributed by atoms with E-state index in [1.54, 1.807) is 23.9 Å². The van der Waals surface area contributed by atoms with Gasteiger partial charge in [-0.15, -0.1) is 0 Å². The molecular weight excluding hydrogens is 530 g/mol. The highest BCUT2D eigenvalue weighted by Gasteiger charge is 2.25. The highest BCUT2D eigenvalue weighted by molar-refractivity contribution is 9.10. The Morgan fingerprint density at radius 3 is 2.91 bits per heavy atom. The van der Waals surface area contributed by atoms with Gasteiger partial charge in [-0.3, -0.25) is 4.79 Å². The van der Waals surface area contributed by atoms with Crippen LogP contribution in [0.5, 0.6) is 5.75 Å². The van der Waals surface area contributed by atoms with Crippen molar-refractivity contribution < 1.29 is 9.53 Å². The fourth-order valence-electron chi connectivity index (χ4n) is 4.47. The van der Waals surface area contributed by atoms with Crippen LogP contribution in [0.2, 0.25) is 5.02 Å². The van der Waals surface area contributed by atoms with Gasteiger partial charge in [-0.05, 0) is 59.0 Å². The Morgan fingerprint density at radius 2 is 2.09 bits per heavy atom. The summed E-state index contributed by atoms with van der Waals surface area (Å²) in [6.07, 6.45) is 3.74. The van der Waals surface area contributed by atoms with Crippen molar-refractivity contribution in [3.05, 3.63) is 75.9 Å². The molecule has 0 aliphatic carbocycles. The van der Waals surface area contributed by atoms with Gasteiger partial charge < -0.3 is 15.0 Å². The third-order valence-corrected chi connectivity index (χ3v) is 7.16. The van der Waals surface area contributed by atoms with Gasteiger partial charge >= 0.3 is 0 Å². The number of piperidine rings is 1. The summed E-state index contributed by atoms with van der Waals surface area (Å²) < 4.78 is 7.87. The molecule has 1 amide bonds. The number of aromatic nitrogens is 3. The van der Waals surface area contributed by atoms with Gasteiger partial charge in [-0.2, -0.15) is 9.61 Å². The maximum absolute atomic E-state index is 13.1. The van der Waals surface area contributed by atoms with Gasteiger partial charge in [-0.25, -0.2) is 4.98 Å². The van der Waals surface area contributed by atoms with E-state index in [0.717, 1.165) is 40.9 Å². The molecule has 0 saturated carbocycles. The molecule has 180 valence electrons. The minimum absolute atomic E-state index is 0.0388. The van der Waals surface area contributed by atoms with E-state index >= 15 is 0 Å². The number of amides is 1. The molecule has 1 aliphatic rings. The van der Waals surface area contributed by atoms with Gasteiger partial charge in [0.1, 0.15) is 11.6 Å². The van der Waals surface area contributed by atoms with Crippen molar-refractivity contribution in [2.45, 2.75) is 12.8 Å². The van der Waals surface area contributed by atoms with E-state index in [1.807, 2.05) is 53.4 Å². The van der Waals surface area contributed by atoms with Crippen LogP contribution in [0.15, 0.2) is 65.3 Å². The number of ether oxygens (including phenoxy) is 1. The summed E-state index contributed by atoms with van der Waals surface area (Å²) in [5, 5.41) is 8.67. The molecule has 5 rings (SSSR count). The second kappa shape index (κ2) is 10.3. The smallest absolute Gasteiger partial charge is 0.253 e. The van der Waals surface area contributed by atoms with Crippen molar-refractivity contribution in [3.63, 3.8) is 0 Å². The fraction of sp³-hybridized carbons (Fsp3) is 0.269. The molecule has 0 bridgehead atoms. The number of anilines is 1. The second-order valence-electron chi connectivity index (χ2n) is 8.61. The first-order chi connectivity index (χ1) is 17.0. The molecule has 1 atom stereocenters. The predicted molar refractivity (Wildman–Crippen MR) is 141 cm³/mol. The highest BCUT2D eigenvalue weighted by Crippen LogP contribution is 2.30. The lowest BCUT2D eigenvalue weighted by molar-refractivity contribution is 0.0680. The molecule has 1 fully saturated rings. The zero-order valence-corrected chi connectivity index (χ0v) is 21.6. The molecule has 9 heteroatoms. The van der Waals surface area contributed by atoms with Crippen molar-refractivity contribution in [3.8, 4) is 17.0 Å². The fourth-order valence-corrected chi connectivity index (χ4v) is 5.05. The normalized spacial score (nSPS) is 15.9. The first-order valence-electron chi connectivity index (χ1n) is 11.5. The summed E-state index contributed by atoms with van der Waals surface area (Å²) in [7, 11) is 1.61. The molecule has 7 nitrogen and oxygen atoms in total. The Balaban J connectivity index is 1.34. The minimum atomic E-state index is 0.0388. The van der Waals surface area contributed by atoms with Crippen LogP contribution in [0, 0.1) is 5.92 Å². The Morgan fingerprint density at radius 1 is 1.23 bits per heavy atom. The lowest BCUT2D eigenvalue weighted by atomic mass is 9.97. The number of halogens is 2. The molecule has 1 aliphatic heterocycles. The largest absolute Gasteiger partial charge is 0.497 e. The first kappa shape index (κ1) is 23.6. The van der Waals surface area contributed by atoms with E-state index in [-0.39, 0.29) is 5.91 Å². The topological polar surface area (TPSA) is 71.8 Å². The van der Waals surface area contributed by atoms with Crippen molar-refractivity contribution in [1.29, 1.82) is 0 Å². The molecule has 0 spiro atoms. The number of fused-ring (bicyclic) bond motifs is 1. The van der Waals surface area contributed by atoms with Crippen LogP contribution in [0.25, 0.3) is 16.9 Å². The molecule has 35 heavy (non-hydrogen) atoms. The first-order valence-corrected chi connectivity index (χ1v) is 12.7. The van der Waals surface area contributed by atoms with Gasteiger partial charge in [0.15, 0.2) is 5.65 Å². The monoisotopic (exact) mass is 553 g/mol. The van der Waals surface area contributed by atoms with Crippen LogP contribution < -0.4 is 10.1 Å². The van der Waals surface area contributed by atoms with Crippen LogP contribution in [0.3, 0.4) is 0 Å². The van der Waals surface area contributed by atoms with Crippen LogP contribution in [-0.2, 0) is 0 Å². The molecule has 2 aromatic heterocycles. The number of carbonyl (C=O) groups excluding carboxylic acids is 1. The Kier molecular flexibility index (Phi) is 6.92. The molecule has 2 aromatic carbocycles. The molecule has 0 radical (unpaired) electrons. The molecule has 1 N–H and O–H groups in total. The molecular formula is C26H25BrClN5O2. The summed E-state index contributed by atoms with van der Waals surface area (Å²) in [6.45, 7) is 2.16. The number of nitrogens with one attached hydrogen (secondary N) is 1. The highest BCUT2D eigenvalue weighted by atomic mass is 79.9. The maximum Gasteiger partial charge on any atom is 0.253 e. The minimum Gasteiger partial charge on any atom is -0.497 e. The van der Waals surface area contributed by atoms with Gasteiger partial charge in [0, 0.05) is 41.9 Å². The van der Waals surface area contributed by atoms with Crippen molar-refractivity contribution in [2.24, 2.45) is 5.92 Å². The SMILES string of the molecule is COc1cccc(C(=O)N2CCCC(CNc3cc(-c4ccccc4Cl)nc4c(Br)cnn34)C2)c1. The van der Waals surface area contributed by atoms with E-state index in [4.69, 9.17) is 21.3 Å². The van der Waals surface area contributed by atoms with Crippen LogP contribution in [0.1, 0.15) is 23.2 Å². The molecule has 1 unspecified atom stereocenters. The Bertz CT molecular complexity index is 1380. The zero-order chi connectivity index (χ0) is 24.4. The number of nitrogens with zero attached hydrogens (tertiary/aromatic N) is 4. The molecule has 4 aromatic rings.